The van der Waals surface area contributed by atoms with Crippen molar-refractivity contribution in [1.29, 1.82) is 0 Å². The van der Waals surface area contributed by atoms with Crippen molar-refractivity contribution < 1.29 is 37.7 Å². The number of halogens is 2. The van der Waals surface area contributed by atoms with Gasteiger partial charge in [-0.15, -0.1) is 0 Å². The van der Waals surface area contributed by atoms with Gasteiger partial charge in [0, 0.05) is 0 Å². The van der Waals surface area contributed by atoms with Gasteiger partial charge in [0.25, 0.3) is 0 Å². The van der Waals surface area contributed by atoms with Crippen molar-refractivity contribution in [2.45, 2.75) is 13.3 Å². The third-order valence-electron chi connectivity index (χ3n) is 4.45. The Hall–Kier alpha value is -3.94. The maximum atomic E-state index is 13.9. The van der Waals surface area contributed by atoms with Gasteiger partial charge < -0.3 is 19.3 Å². The second-order valence-corrected chi connectivity index (χ2v) is 6.66. The van der Waals surface area contributed by atoms with Crippen LogP contribution in [0.25, 0.3) is 12.2 Å². The van der Waals surface area contributed by atoms with Gasteiger partial charge in [-0.1, -0.05) is 24.3 Å². The molecule has 174 valence electrons. The number of hydrogen-bond donors (Lipinski definition) is 1. The lowest BCUT2D eigenvalue weighted by atomic mass is 10.0. The SMILES string of the molecule is CCOC(=O)CC(C(=O)C=Cc1ccc(OC)c(F)c1)=C(O)/C=C/c1ccc(OC)c(F)c1. The number of hydrogen-bond acceptors (Lipinski definition) is 6. The molecule has 0 amide bonds. The number of methoxy groups -OCH3 is 2. The zero-order chi connectivity index (χ0) is 24.4. The molecule has 0 heterocycles. The van der Waals surface area contributed by atoms with Crippen molar-refractivity contribution in [3.8, 4) is 11.5 Å². The van der Waals surface area contributed by atoms with E-state index in [1.807, 2.05) is 0 Å². The molecule has 8 heteroatoms. The molecule has 2 rings (SSSR count). The summed E-state index contributed by atoms with van der Waals surface area (Å²) in [5, 5.41) is 10.5. The van der Waals surface area contributed by atoms with Gasteiger partial charge in [-0.05, 0) is 54.5 Å². The predicted molar refractivity (Wildman–Crippen MR) is 120 cm³/mol. The number of carbonyl (C=O) groups excluding carboxylic acids is 2. The average molecular weight is 458 g/mol. The Labute approximate surface area is 190 Å². The van der Waals surface area contributed by atoms with Gasteiger partial charge in [-0.3, -0.25) is 9.59 Å². The molecule has 0 spiro atoms. The standard InChI is InChI=1S/C25H24F2O6/c1-4-33-25(30)15-18(21(28)9-5-16-7-11-23(31-2)19(26)13-16)22(29)10-6-17-8-12-24(32-3)20(27)14-17/h5-14,28H,4,15H2,1-3H3/b9-5+,10-6?,21-18?. The minimum absolute atomic E-state index is 0.0547. The minimum atomic E-state index is -0.708. The fourth-order valence-corrected chi connectivity index (χ4v) is 2.78. The van der Waals surface area contributed by atoms with Crippen molar-refractivity contribution in [2.24, 2.45) is 0 Å². The Morgan fingerprint density at radius 2 is 1.42 bits per heavy atom. The highest BCUT2D eigenvalue weighted by atomic mass is 19.1. The molecular formula is C25H24F2O6. The largest absolute Gasteiger partial charge is 0.508 e. The fraction of sp³-hybridized carbons (Fsp3) is 0.200. The molecule has 2 aromatic rings. The number of aliphatic hydroxyl groups excluding tert-OH is 1. The van der Waals surface area contributed by atoms with Crippen molar-refractivity contribution in [3.63, 3.8) is 0 Å². The number of benzene rings is 2. The first-order valence-electron chi connectivity index (χ1n) is 9.94. The molecule has 0 bridgehead atoms. The molecular weight excluding hydrogens is 434 g/mol. The second kappa shape index (κ2) is 12.2. The summed E-state index contributed by atoms with van der Waals surface area (Å²) in [7, 11) is 2.67. The van der Waals surface area contributed by atoms with Crippen LogP contribution in [0.5, 0.6) is 11.5 Å². The first-order valence-corrected chi connectivity index (χ1v) is 9.94. The molecule has 0 atom stereocenters. The number of ketones is 1. The van der Waals surface area contributed by atoms with E-state index >= 15 is 0 Å². The second-order valence-electron chi connectivity index (χ2n) is 6.66. The molecule has 0 fully saturated rings. The number of ether oxygens (including phenoxy) is 3. The third-order valence-corrected chi connectivity index (χ3v) is 4.45. The van der Waals surface area contributed by atoms with Gasteiger partial charge in [-0.2, -0.15) is 0 Å². The minimum Gasteiger partial charge on any atom is -0.508 e. The number of carbonyl (C=O) groups is 2. The van der Waals surface area contributed by atoms with Crippen LogP contribution in [-0.4, -0.2) is 37.7 Å². The molecule has 0 aliphatic carbocycles. The Balaban J connectivity index is 2.32. The fourth-order valence-electron chi connectivity index (χ4n) is 2.78. The first kappa shape index (κ1) is 25.3. The normalized spacial score (nSPS) is 12.0. The van der Waals surface area contributed by atoms with Gasteiger partial charge in [0.15, 0.2) is 28.9 Å². The molecule has 0 radical (unpaired) electrons. The summed E-state index contributed by atoms with van der Waals surface area (Å²) in [4.78, 5) is 24.7. The lowest BCUT2D eigenvalue weighted by molar-refractivity contribution is -0.142. The van der Waals surface area contributed by atoms with E-state index in [0.717, 1.165) is 6.08 Å². The Kier molecular flexibility index (Phi) is 9.35. The van der Waals surface area contributed by atoms with Crippen LogP contribution in [0.15, 0.2) is 59.9 Å². The van der Waals surface area contributed by atoms with Crippen LogP contribution in [0.3, 0.4) is 0 Å². The third kappa shape index (κ3) is 7.31. The van der Waals surface area contributed by atoms with Crippen LogP contribution in [0.4, 0.5) is 8.78 Å². The monoisotopic (exact) mass is 458 g/mol. The summed E-state index contributed by atoms with van der Waals surface area (Å²) >= 11 is 0. The Morgan fingerprint density at radius 3 is 1.88 bits per heavy atom. The summed E-state index contributed by atoms with van der Waals surface area (Å²) in [6, 6.07) is 8.28. The average Bonchev–Trinajstić information content (AvgIpc) is 2.79. The number of rotatable bonds is 10. The Morgan fingerprint density at radius 1 is 0.909 bits per heavy atom. The van der Waals surface area contributed by atoms with E-state index in [9.17, 15) is 23.5 Å². The summed E-state index contributed by atoms with van der Waals surface area (Å²) < 4.78 is 42.3. The number of aliphatic hydroxyl groups is 1. The summed E-state index contributed by atoms with van der Waals surface area (Å²) in [6.07, 6.45) is 4.51. The quantitative estimate of drug-likeness (QED) is 0.232. The molecule has 0 saturated heterocycles. The highest BCUT2D eigenvalue weighted by Crippen LogP contribution is 2.21. The molecule has 0 aromatic heterocycles. The topological polar surface area (TPSA) is 82.1 Å². The van der Waals surface area contributed by atoms with Crippen LogP contribution in [-0.2, 0) is 14.3 Å². The van der Waals surface area contributed by atoms with Gasteiger partial charge in [0.05, 0.1) is 32.8 Å². The van der Waals surface area contributed by atoms with E-state index in [1.54, 1.807) is 19.1 Å². The van der Waals surface area contributed by atoms with Gasteiger partial charge in [-0.25, -0.2) is 8.78 Å². The summed E-state index contributed by atoms with van der Waals surface area (Å²) in [5.74, 6) is -2.96. The predicted octanol–water partition coefficient (Wildman–Crippen LogP) is 5.04. The van der Waals surface area contributed by atoms with E-state index in [4.69, 9.17) is 14.2 Å². The van der Waals surface area contributed by atoms with Crippen molar-refractivity contribution in [2.75, 3.05) is 20.8 Å². The molecule has 6 nitrogen and oxygen atoms in total. The van der Waals surface area contributed by atoms with Crippen molar-refractivity contribution >= 4 is 23.9 Å². The van der Waals surface area contributed by atoms with Crippen LogP contribution >= 0.6 is 0 Å². The molecule has 0 aliphatic rings. The first-order chi connectivity index (χ1) is 15.8. The van der Waals surface area contributed by atoms with E-state index in [1.165, 1.54) is 56.7 Å². The highest BCUT2D eigenvalue weighted by Gasteiger charge is 2.17. The van der Waals surface area contributed by atoms with Crippen molar-refractivity contribution in [3.05, 3.63) is 82.6 Å². The van der Waals surface area contributed by atoms with Crippen LogP contribution in [0, 0.1) is 11.6 Å². The molecule has 33 heavy (non-hydrogen) atoms. The molecule has 0 aliphatic heterocycles. The van der Waals surface area contributed by atoms with Gasteiger partial charge >= 0.3 is 5.97 Å². The number of esters is 1. The van der Waals surface area contributed by atoms with E-state index in [0.29, 0.717) is 11.1 Å². The van der Waals surface area contributed by atoms with E-state index < -0.39 is 35.6 Å². The zero-order valence-corrected chi connectivity index (χ0v) is 18.4. The highest BCUT2D eigenvalue weighted by molar-refractivity contribution is 6.09. The molecule has 0 saturated carbocycles. The molecule has 1 N–H and O–H groups in total. The van der Waals surface area contributed by atoms with E-state index in [-0.39, 0.29) is 23.7 Å². The maximum Gasteiger partial charge on any atom is 0.310 e. The smallest absolute Gasteiger partial charge is 0.310 e. The van der Waals surface area contributed by atoms with Crippen LogP contribution < -0.4 is 9.47 Å². The Bertz CT molecular complexity index is 1100. The van der Waals surface area contributed by atoms with Gasteiger partial charge in [0.2, 0.25) is 0 Å². The van der Waals surface area contributed by atoms with Crippen LogP contribution in [0.2, 0.25) is 0 Å². The lowest BCUT2D eigenvalue weighted by Crippen LogP contribution is -2.11. The zero-order valence-electron chi connectivity index (χ0n) is 18.4. The van der Waals surface area contributed by atoms with Gasteiger partial charge in [0.1, 0.15) is 5.76 Å². The lowest BCUT2D eigenvalue weighted by Gasteiger charge is -2.07. The van der Waals surface area contributed by atoms with Crippen molar-refractivity contribution in [1.82, 2.24) is 0 Å². The van der Waals surface area contributed by atoms with E-state index in [2.05, 4.69) is 0 Å². The summed E-state index contributed by atoms with van der Waals surface area (Å²) in [5.41, 5.74) is 0.539. The van der Waals surface area contributed by atoms with Crippen LogP contribution in [0.1, 0.15) is 24.5 Å². The molecule has 2 aromatic carbocycles. The molecule has 0 unspecified atom stereocenters. The maximum absolute atomic E-state index is 13.9. The summed E-state index contributed by atoms with van der Waals surface area (Å²) in [6.45, 7) is 1.71. The number of allylic oxidation sites excluding steroid dienone is 2.